The van der Waals surface area contributed by atoms with E-state index in [2.05, 4.69) is 25.9 Å². The highest BCUT2D eigenvalue weighted by Crippen LogP contribution is 2.50. The van der Waals surface area contributed by atoms with Gasteiger partial charge in [0.1, 0.15) is 11.9 Å². The number of hydrogen-bond acceptors (Lipinski definition) is 8. The molecule has 1 aromatic heterocycles. The maximum Gasteiger partial charge on any atom is 0.242 e. The van der Waals surface area contributed by atoms with Crippen LogP contribution in [0.25, 0.3) is 22.2 Å². The molecule has 0 saturated carbocycles. The van der Waals surface area contributed by atoms with E-state index >= 15 is 0 Å². The molecule has 11 heteroatoms. The van der Waals surface area contributed by atoms with Gasteiger partial charge < -0.3 is 35.1 Å². The highest BCUT2D eigenvalue weighted by atomic mass is 16.5. The first-order valence-corrected chi connectivity index (χ1v) is 16.4. The molecule has 1 aliphatic rings. The van der Waals surface area contributed by atoms with Crippen molar-refractivity contribution in [2.45, 2.75) is 65.0 Å². The number of aryl methyl sites for hydroxylation is 2. The molecule has 1 aliphatic carbocycles. The summed E-state index contributed by atoms with van der Waals surface area (Å²) in [6.07, 6.45) is 3.28. The molecule has 2 amide bonds. The van der Waals surface area contributed by atoms with Gasteiger partial charge in [0.2, 0.25) is 23.0 Å². The zero-order valence-corrected chi connectivity index (χ0v) is 28.5. The van der Waals surface area contributed by atoms with Crippen molar-refractivity contribution < 1.29 is 23.8 Å². The van der Waals surface area contributed by atoms with Crippen LogP contribution < -0.4 is 35.6 Å². The highest BCUT2D eigenvalue weighted by molar-refractivity contribution is 5.86. The van der Waals surface area contributed by atoms with Crippen molar-refractivity contribution in [1.82, 2.24) is 20.6 Å². The van der Waals surface area contributed by atoms with E-state index in [0.29, 0.717) is 55.0 Å². The van der Waals surface area contributed by atoms with Crippen molar-refractivity contribution in [1.29, 1.82) is 0 Å². The fraction of sp³-hybridized carbons (Fsp3) is 0.405. The molecule has 0 saturated heterocycles. The van der Waals surface area contributed by atoms with Gasteiger partial charge in [-0.05, 0) is 72.2 Å². The normalized spacial score (nSPS) is 14.9. The molecule has 0 aliphatic heterocycles. The van der Waals surface area contributed by atoms with E-state index in [9.17, 15) is 14.4 Å². The van der Waals surface area contributed by atoms with Crippen LogP contribution in [0.2, 0.25) is 0 Å². The Kier molecular flexibility index (Phi) is 10.9. The summed E-state index contributed by atoms with van der Waals surface area (Å²) in [5.41, 5.74) is 4.98. The van der Waals surface area contributed by atoms with E-state index < -0.39 is 12.1 Å². The Bertz CT molecular complexity index is 1820. The van der Waals surface area contributed by atoms with Crippen LogP contribution in [0.5, 0.6) is 17.2 Å². The maximum atomic E-state index is 13.9. The molecule has 11 nitrogen and oxygen atoms in total. The van der Waals surface area contributed by atoms with Crippen molar-refractivity contribution in [3.05, 3.63) is 75.7 Å². The van der Waals surface area contributed by atoms with Gasteiger partial charge in [-0.1, -0.05) is 38.5 Å². The molecule has 0 radical (unpaired) electrons. The van der Waals surface area contributed by atoms with Crippen molar-refractivity contribution in [2.75, 3.05) is 33.2 Å². The third kappa shape index (κ3) is 7.25. The van der Waals surface area contributed by atoms with Crippen molar-refractivity contribution in [2.24, 2.45) is 5.92 Å². The number of methoxy groups -OCH3 is 3. The number of hydrogen-bond donors (Lipinski definition) is 4. The minimum atomic E-state index is -0.645. The minimum Gasteiger partial charge on any atom is -0.493 e. The Hall–Kier alpha value is -5.06. The molecule has 0 unspecified atom stereocenters. The summed E-state index contributed by atoms with van der Waals surface area (Å²) >= 11 is 0. The second kappa shape index (κ2) is 15.2. The summed E-state index contributed by atoms with van der Waals surface area (Å²) in [5, 5.41) is 9.36. The average Bonchev–Trinajstić information content (AvgIpc) is 3.36. The summed E-state index contributed by atoms with van der Waals surface area (Å²) in [5.74, 6) is 1.87. The predicted octanol–water partition coefficient (Wildman–Crippen LogP) is 5.31. The van der Waals surface area contributed by atoms with E-state index in [-0.39, 0.29) is 28.8 Å². The zero-order valence-electron chi connectivity index (χ0n) is 28.5. The van der Waals surface area contributed by atoms with Gasteiger partial charge in [-0.3, -0.25) is 14.4 Å². The average molecular weight is 656 g/mol. The van der Waals surface area contributed by atoms with E-state index in [1.807, 2.05) is 50.2 Å². The first-order chi connectivity index (χ1) is 23.2. The van der Waals surface area contributed by atoms with E-state index in [1.54, 1.807) is 33.5 Å². The van der Waals surface area contributed by atoms with Crippen molar-refractivity contribution in [3.8, 4) is 28.4 Å². The summed E-state index contributed by atoms with van der Waals surface area (Å²) < 4.78 is 17.2. The molecule has 4 N–H and O–H groups in total. The van der Waals surface area contributed by atoms with Gasteiger partial charge in [0.05, 0.1) is 44.1 Å². The number of aromatic amines is 1. The number of H-pyrrole nitrogens is 1. The number of amides is 2. The number of anilines is 1. The lowest BCUT2D eigenvalue weighted by Gasteiger charge is -2.24. The number of nitrogens with zero attached hydrogens (tertiary/aromatic N) is 1. The standard InChI is InChI=1S/C37H45N5O6/c1-7-21(2)34(37(45)38-18-10-13-32-40-27-11-8-9-12-28(27)41-32)42-29-17-15-24-25(20-30(29)44)26(39-22(3)43)16-14-23-19-31(46-4)35(47-5)36(48-6)33(23)24/h8-9,11-12,15,17,19-21,26,34H,7,10,13-14,16,18H2,1-6H3,(H,38,45)(H,39,43)(H,40,41)(H,42,44)/t21-,26+,34+/m1/s1. The van der Waals surface area contributed by atoms with Gasteiger partial charge in [0, 0.05) is 25.5 Å². The molecule has 3 aromatic carbocycles. The Balaban J connectivity index is 1.45. The van der Waals surface area contributed by atoms with Gasteiger partial charge >= 0.3 is 0 Å². The van der Waals surface area contributed by atoms with Crippen LogP contribution in [-0.2, 0) is 22.4 Å². The third-order valence-corrected chi connectivity index (χ3v) is 9.05. The summed E-state index contributed by atoms with van der Waals surface area (Å²) in [6.45, 7) is 5.93. The Morgan fingerprint density at radius 1 is 1.04 bits per heavy atom. The van der Waals surface area contributed by atoms with Crippen LogP contribution in [0.1, 0.15) is 63.0 Å². The topological polar surface area (TPSA) is 144 Å². The van der Waals surface area contributed by atoms with Gasteiger partial charge in [0.15, 0.2) is 11.5 Å². The predicted molar refractivity (Wildman–Crippen MR) is 187 cm³/mol. The maximum absolute atomic E-state index is 13.9. The molecule has 0 spiro atoms. The van der Waals surface area contributed by atoms with Crippen molar-refractivity contribution in [3.63, 3.8) is 0 Å². The fourth-order valence-corrected chi connectivity index (χ4v) is 6.40. The number of carbonyl (C=O) groups excluding carboxylic acids is 2. The van der Waals surface area contributed by atoms with Crippen LogP contribution in [0.3, 0.4) is 0 Å². The van der Waals surface area contributed by atoms with Gasteiger partial charge in [0.25, 0.3) is 0 Å². The molecular formula is C37H45N5O6. The number of nitrogens with one attached hydrogen (secondary N) is 4. The molecule has 4 aromatic rings. The number of carbonyl (C=O) groups is 2. The number of fused-ring (bicyclic) bond motifs is 4. The number of ether oxygens (including phenoxy) is 3. The summed E-state index contributed by atoms with van der Waals surface area (Å²) in [6, 6.07) is 13.8. The smallest absolute Gasteiger partial charge is 0.242 e. The number of para-hydroxylation sites is 2. The second-order valence-corrected chi connectivity index (χ2v) is 12.2. The SMILES string of the molecule is CC[C@@H](C)[C@H](Nc1ccc2c(cc1=O)[C@@H](NC(C)=O)CCc1cc(OC)c(OC)c(OC)c1-2)C(=O)NCCCc1nc2ccccc2[nH]1. The molecule has 254 valence electrons. The van der Waals surface area contributed by atoms with Gasteiger partial charge in [-0.25, -0.2) is 4.98 Å². The van der Waals surface area contributed by atoms with Gasteiger partial charge in [-0.15, -0.1) is 0 Å². The van der Waals surface area contributed by atoms with Gasteiger partial charge in [-0.2, -0.15) is 0 Å². The monoisotopic (exact) mass is 655 g/mol. The number of aromatic nitrogens is 2. The molecule has 3 atom stereocenters. The van der Waals surface area contributed by atoms with Crippen LogP contribution in [0, 0.1) is 5.92 Å². The number of benzene rings is 2. The van der Waals surface area contributed by atoms with E-state index in [4.69, 9.17) is 14.2 Å². The lowest BCUT2D eigenvalue weighted by molar-refractivity contribution is -0.123. The first-order valence-electron chi connectivity index (χ1n) is 16.4. The number of imidazole rings is 1. The largest absolute Gasteiger partial charge is 0.493 e. The molecule has 1 heterocycles. The lowest BCUT2D eigenvalue weighted by atomic mass is 9.95. The molecule has 5 rings (SSSR count). The molecule has 0 fully saturated rings. The van der Waals surface area contributed by atoms with Crippen LogP contribution in [-0.4, -0.2) is 55.7 Å². The Morgan fingerprint density at radius 3 is 2.50 bits per heavy atom. The minimum absolute atomic E-state index is 0.0622. The lowest BCUT2D eigenvalue weighted by Crippen LogP contribution is -2.44. The fourth-order valence-electron chi connectivity index (χ4n) is 6.40. The molecule has 0 bridgehead atoms. The summed E-state index contributed by atoms with van der Waals surface area (Å²) in [7, 11) is 4.68. The quantitative estimate of drug-likeness (QED) is 0.142. The third-order valence-electron chi connectivity index (χ3n) is 9.05. The summed E-state index contributed by atoms with van der Waals surface area (Å²) in [4.78, 5) is 47.7. The highest BCUT2D eigenvalue weighted by Gasteiger charge is 2.30. The second-order valence-electron chi connectivity index (χ2n) is 12.2. The van der Waals surface area contributed by atoms with E-state index in [0.717, 1.165) is 40.0 Å². The van der Waals surface area contributed by atoms with Crippen LogP contribution >= 0.6 is 0 Å². The Labute approximate surface area is 280 Å². The van der Waals surface area contributed by atoms with Crippen LogP contribution in [0.15, 0.2) is 53.3 Å². The first kappa shape index (κ1) is 34.3. The van der Waals surface area contributed by atoms with E-state index in [1.165, 1.54) is 6.92 Å². The molecule has 48 heavy (non-hydrogen) atoms. The Morgan fingerprint density at radius 2 is 1.81 bits per heavy atom. The van der Waals surface area contributed by atoms with Crippen molar-refractivity contribution >= 4 is 28.5 Å². The van der Waals surface area contributed by atoms with Crippen LogP contribution in [0.4, 0.5) is 5.69 Å². The molecular weight excluding hydrogens is 610 g/mol. The number of rotatable bonds is 13. The zero-order chi connectivity index (χ0) is 34.4.